The van der Waals surface area contributed by atoms with E-state index in [0.717, 1.165) is 0 Å². The number of ether oxygens (including phenoxy) is 1. The van der Waals surface area contributed by atoms with Crippen molar-refractivity contribution in [1.82, 2.24) is 15.5 Å². The third-order valence-corrected chi connectivity index (χ3v) is 2.50. The van der Waals surface area contributed by atoms with E-state index < -0.39 is 0 Å². The second-order valence-corrected chi connectivity index (χ2v) is 3.80. The molecule has 20 heavy (non-hydrogen) atoms. The maximum Gasteiger partial charge on any atom is 0.252 e. The van der Waals surface area contributed by atoms with Crippen LogP contribution in [0.15, 0.2) is 22.8 Å². The molecule has 0 atom stereocenters. The molecular weight excluding hydrogens is 262 g/mol. The topological polar surface area (TPSA) is 116 Å². The first-order valence-corrected chi connectivity index (χ1v) is 5.80. The lowest BCUT2D eigenvalue weighted by Crippen LogP contribution is -2.29. The van der Waals surface area contributed by atoms with E-state index in [1.807, 2.05) is 6.07 Å². The first-order valence-electron chi connectivity index (χ1n) is 5.80. The van der Waals surface area contributed by atoms with Crippen molar-refractivity contribution in [3.8, 4) is 11.9 Å². The number of rotatable bonds is 6. The highest BCUT2D eigenvalue weighted by Gasteiger charge is 2.13. The zero-order valence-electron chi connectivity index (χ0n) is 10.8. The molecule has 0 fully saturated rings. The van der Waals surface area contributed by atoms with Crippen LogP contribution in [0.3, 0.4) is 0 Å². The Hall–Kier alpha value is -2.95. The number of amides is 1. The minimum Gasteiger partial charge on any atom is -0.479 e. The Morgan fingerprint density at radius 2 is 2.50 bits per heavy atom. The van der Waals surface area contributed by atoms with Crippen molar-refractivity contribution < 1.29 is 13.9 Å². The van der Waals surface area contributed by atoms with Crippen LogP contribution in [0.1, 0.15) is 11.3 Å². The summed E-state index contributed by atoms with van der Waals surface area (Å²) in [5.41, 5.74) is 0.228. The van der Waals surface area contributed by atoms with Crippen molar-refractivity contribution in [2.45, 2.75) is 6.54 Å². The highest BCUT2D eigenvalue weighted by atomic mass is 16.5. The number of nitrogens with zero attached hydrogens (tertiary/aromatic N) is 2. The summed E-state index contributed by atoms with van der Waals surface area (Å²) in [6.45, 7) is 0.311. The molecule has 8 nitrogen and oxygen atoms in total. The smallest absolute Gasteiger partial charge is 0.252 e. The highest BCUT2D eigenvalue weighted by molar-refractivity contribution is 5.80. The molecular formula is C12H13N5O3. The van der Waals surface area contributed by atoms with Crippen molar-refractivity contribution in [3.05, 3.63) is 29.7 Å². The first-order chi connectivity index (χ1) is 9.74. The second kappa shape index (κ2) is 6.29. The Labute approximate surface area is 114 Å². The van der Waals surface area contributed by atoms with Gasteiger partial charge >= 0.3 is 0 Å². The van der Waals surface area contributed by atoms with Gasteiger partial charge in [-0.3, -0.25) is 9.89 Å². The number of H-pyrrole nitrogens is 1. The lowest BCUT2D eigenvalue weighted by Gasteiger charge is -2.05. The molecule has 0 radical (unpaired) electrons. The van der Waals surface area contributed by atoms with Crippen LogP contribution in [0.2, 0.25) is 0 Å². The molecule has 8 heteroatoms. The van der Waals surface area contributed by atoms with Crippen LogP contribution in [-0.2, 0) is 11.3 Å². The van der Waals surface area contributed by atoms with E-state index in [1.54, 1.807) is 12.1 Å². The summed E-state index contributed by atoms with van der Waals surface area (Å²) in [6.07, 6.45) is 1.54. The van der Waals surface area contributed by atoms with E-state index >= 15 is 0 Å². The molecule has 2 aromatic heterocycles. The second-order valence-electron chi connectivity index (χ2n) is 3.80. The largest absolute Gasteiger partial charge is 0.479 e. The number of nitrogens with one attached hydrogen (secondary N) is 3. The number of carbonyl (C=O) groups excluding carboxylic acids is 1. The van der Waals surface area contributed by atoms with Crippen molar-refractivity contribution in [1.29, 1.82) is 5.26 Å². The van der Waals surface area contributed by atoms with Gasteiger partial charge in [-0.05, 0) is 12.1 Å². The summed E-state index contributed by atoms with van der Waals surface area (Å²) in [5, 5.41) is 20.8. The summed E-state index contributed by atoms with van der Waals surface area (Å²) >= 11 is 0. The monoisotopic (exact) mass is 275 g/mol. The van der Waals surface area contributed by atoms with E-state index in [9.17, 15) is 4.79 Å². The molecule has 2 heterocycles. The van der Waals surface area contributed by atoms with Crippen LogP contribution in [-0.4, -0.2) is 29.8 Å². The molecule has 2 aromatic rings. The van der Waals surface area contributed by atoms with Crippen LogP contribution in [0.25, 0.3) is 0 Å². The molecule has 1 amide bonds. The van der Waals surface area contributed by atoms with Crippen molar-refractivity contribution >= 4 is 11.7 Å². The van der Waals surface area contributed by atoms with Crippen LogP contribution >= 0.6 is 0 Å². The third kappa shape index (κ3) is 3.08. The molecule has 0 unspecified atom stereocenters. The molecule has 0 bridgehead atoms. The van der Waals surface area contributed by atoms with Crippen LogP contribution < -0.4 is 15.4 Å². The van der Waals surface area contributed by atoms with Crippen LogP contribution in [0.4, 0.5) is 5.82 Å². The predicted octanol–water partition coefficient (Wildman–Crippen LogP) is 0.611. The average Bonchev–Trinajstić information content (AvgIpc) is 3.11. The summed E-state index contributed by atoms with van der Waals surface area (Å²) in [4.78, 5) is 11.6. The number of aromatic amines is 1. The Kier molecular flexibility index (Phi) is 4.24. The van der Waals surface area contributed by atoms with Crippen molar-refractivity contribution in [3.63, 3.8) is 0 Å². The number of aromatic nitrogens is 2. The van der Waals surface area contributed by atoms with E-state index in [0.29, 0.717) is 18.1 Å². The standard InChI is InChI=1S/C12H13N5O3/c1-19-12-9(5-13)11(16-17-12)15-7-10(18)14-6-8-3-2-4-20-8/h2-4H,6-7H2,1H3,(H,14,18)(H2,15,16,17). The van der Waals surface area contributed by atoms with E-state index in [2.05, 4.69) is 20.8 Å². The van der Waals surface area contributed by atoms with E-state index in [4.69, 9.17) is 14.4 Å². The molecule has 0 aromatic carbocycles. The normalized spacial score (nSPS) is 9.80. The molecule has 0 saturated heterocycles. The van der Waals surface area contributed by atoms with Gasteiger partial charge in [0.25, 0.3) is 5.88 Å². The van der Waals surface area contributed by atoms with Gasteiger partial charge in [-0.2, -0.15) is 5.26 Å². The summed E-state index contributed by atoms with van der Waals surface area (Å²) in [5.74, 6) is 0.960. The fraction of sp³-hybridized carbons (Fsp3) is 0.250. The lowest BCUT2D eigenvalue weighted by atomic mass is 10.3. The van der Waals surface area contributed by atoms with Gasteiger partial charge in [0.15, 0.2) is 5.56 Å². The van der Waals surface area contributed by atoms with Gasteiger partial charge in [0.2, 0.25) is 5.91 Å². The molecule has 0 aliphatic carbocycles. The SMILES string of the molecule is COc1n[nH]c(NCC(=O)NCc2ccco2)c1C#N. The van der Waals surface area contributed by atoms with Gasteiger partial charge in [0, 0.05) is 0 Å². The van der Waals surface area contributed by atoms with Gasteiger partial charge in [0.05, 0.1) is 26.5 Å². The Bertz CT molecular complexity index is 612. The third-order valence-electron chi connectivity index (χ3n) is 2.50. The van der Waals surface area contributed by atoms with Gasteiger partial charge in [-0.25, -0.2) is 0 Å². The number of carbonyl (C=O) groups is 1. The Balaban J connectivity index is 1.84. The summed E-state index contributed by atoms with van der Waals surface area (Å²) in [6, 6.07) is 5.46. The van der Waals surface area contributed by atoms with Gasteiger partial charge in [0.1, 0.15) is 17.6 Å². The number of nitriles is 1. The average molecular weight is 275 g/mol. The lowest BCUT2D eigenvalue weighted by molar-refractivity contribution is -0.119. The highest BCUT2D eigenvalue weighted by Crippen LogP contribution is 2.21. The maximum atomic E-state index is 11.6. The van der Waals surface area contributed by atoms with Crippen LogP contribution in [0.5, 0.6) is 5.88 Å². The molecule has 104 valence electrons. The summed E-state index contributed by atoms with van der Waals surface area (Å²) < 4.78 is 9.99. The van der Waals surface area contributed by atoms with E-state index in [1.165, 1.54) is 13.4 Å². The zero-order valence-corrected chi connectivity index (χ0v) is 10.8. The van der Waals surface area contributed by atoms with Crippen LogP contribution in [0, 0.1) is 11.3 Å². The number of anilines is 1. The van der Waals surface area contributed by atoms with E-state index in [-0.39, 0.29) is 23.9 Å². The molecule has 0 saturated carbocycles. The van der Waals surface area contributed by atoms with Gasteiger partial charge in [-0.1, -0.05) is 0 Å². The van der Waals surface area contributed by atoms with Gasteiger partial charge < -0.3 is 19.8 Å². The Morgan fingerprint density at radius 3 is 3.15 bits per heavy atom. The number of methoxy groups -OCH3 is 1. The van der Waals surface area contributed by atoms with Crippen molar-refractivity contribution in [2.75, 3.05) is 19.0 Å². The molecule has 0 spiro atoms. The number of hydrogen-bond donors (Lipinski definition) is 3. The quantitative estimate of drug-likeness (QED) is 0.711. The Morgan fingerprint density at radius 1 is 1.65 bits per heavy atom. The molecule has 3 N–H and O–H groups in total. The predicted molar refractivity (Wildman–Crippen MR) is 68.9 cm³/mol. The molecule has 0 aliphatic rings. The maximum absolute atomic E-state index is 11.6. The minimum atomic E-state index is -0.237. The minimum absolute atomic E-state index is 0.000730. The van der Waals surface area contributed by atoms with Gasteiger partial charge in [-0.15, -0.1) is 5.10 Å². The number of furan rings is 1. The zero-order chi connectivity index (χ0) is 14.4. The summed E-state index contributed by atoms with van der Waals surface area (Å²) in [7, 11) is 1.41. The van der Waals surface area contributed by atoms with Crippen molar-refractivity contribution in [2.24, 2.45) is 0 Å². The number of hydrogen-bond acceptors (Lipinski definition) is 6. The fourth-order valence-corrected chi connectivity index (χ4v) is 1.53. The first kappa shape index (κ1) is 13.5. The fourth-order valence-electron chi connectivity index (χ4n) is 1.53. The molecule has 0 aliphatic heterocycles. The molecule has 2 rings (SSSR count).